The molecule has 2 saturated carbocycles. The van der Waals surface area contributed by atoms with Gasteiger partial charge in [0.25, 0.3) is 0 Å². The van der Waals surface area contributed by atoms with E-state index in [0.29, 0.717) is 25.7 Å². The molecule has 10 N–H and O–H groups in total. The molecule has 17 heteroatoms. The van der Waals surface area contributed by atoms with Gasteiger partial charge in [-0.05, 0) is 31.1 Å². The summed E-state index contributed by atoms with van der Waals surface area (Å²) in [5.74, 6) is -7.17. The van der Waals surface area contributed by atoms with Crippen LogP contribution in [0.25, 0.3) is 0 Å². The molecule has 0 aromatic carbocycles. The topological polar surface area (TPSA) is 271 Å². The maximum atomic E-state index is 12.8. The van der Waals surface area contributed by atoms with Crippen LogP contribution in [0.1, 0.15) is 86.5 Å². The second kappa shape index (κ2) is 20.8. The van der Waals surface area contributed by atoms with E-state index in [2.05, 4.69) is 26.6 Å². The highest BCUT2D eigenvalue weighted by Gasteiger charge is 2.52. The second-order valence-corrected chi connectivity index (χ2v) is 13.6. The van der Waals surface area contributed by atoms with Gasteiger partial charge >= 0.3 is 11.9 Å². The van der Waals surface area contributed by atoms with Crippen molar-refractivity contribution in [1.82, 2.24) is 26.6 Å². The number of guanidine groups is 1. The monoisotopic (exact) mass is 725 g/mol. The maximum absolute atomic E-state index is 12.8. The number of hydrogen-bond donors (Lipinski definition) is 9. The molecule has 0 bridgehead atoms. The zero-order valence-electron chi connectivity index (χ0n) is 30.7. The molecule has 2 aliphatic rings. The zero-order valence-corrected chi connectivity index (χ0v) is 30.7. The molecular formula is C34H59N7O10. The van der Waals surface area contributed by atoms with E-state index in [1.165, 1.54) is 13.8 Å². The van der Waals surface area contributed by atoms with E-state index in [0.717, 1.165) is 12.8 Å². The predicted molar refractivity (Wildman–Crippen MR) is 186 cm³/mol. The highest BCUT2D eigenvalue weighted by atomic mass is 16.5. The summed E-state index contributed by atoms with van der Waals surface area (Å²) in [4.78, 5) is 74.2. The van der Waals surface area contributed by atoms with Gasteiger partial charge in [0.05, 0.1) is 30.7 Å². The summed E-state index contributed by atoms with van der Waals surface area (Å²) >= 11 is 0. The lowest BCUT2D eigenvalue weighted by atomic mass is 9.80. The lowest BCUT2D eigenvalue weighted by Gasteiger charge is -2.38. The van der Waals surface area contributed by atoms with Crippen LogP contribution < -0.4 is 32.3 Å². The first-order valence-corrected chi connectivity index (χ1v) is 18.0. The van der Waals surface area contributed by atoms with Crippen LogP contribution in [-0.4, -0.2) is 102 Å². The molecule has 0 aromatic heterocycles. The van der Waals surface area contributed by atoms with Gasteiger partial charge in [0.1, 0.15) is 13.2 Å². The van der Waals surface area contributed by atoms with Crippen LogP contribution in [-0.2, 0) is 38.2 Å². The molecule has 9 atom stereocenters. The van der Waals surface area contributed by atoms with Crippen molar-refractivity contribution in [1.29, 1.82) is 5.41 Å². The first kappa shape index (κ1) is 43.2. The Morgan fingerprint density at radius 2 is 1.22 bits per heavy atom. The summed E-state index contributed by atoms with van der Waals surface area (Å²) in [5, 5.41) is 41.5. The van der Waals surface area contributed by atoms with Gasteiger partial charge in [0, 0.05) is 43.8 Å². The SMILES string of the molecule is CCC(CC)[C@@H](NC(C)=O)[C@H]1CC[C@H](C(=O)O)[C@H]1OCC(=O)NCNC(=O)CO[C@H]1[C@@H]([C@H](NC(C)=O)C(CC)CC)[C@H](NC(=N)N)C[C@@H]1C(=O)O. The third-order valence-corrected chi connectivity index (χ3v) is 10.5. The molecule has 0 unspecified atom stereocenters. The second-order valence-electron chi connectivity index (χ2n) is 13.6. The summed E-state index contributed by atoms with van der Waals surface area (Å²) < 4.78 is 11.9. The van der Waals surface area contributed by atoms with Gasteiger partial charge in [-0.2, -0.15) is 0 Å². The normalized spacial score (nSPS) is 25.5. The minimum absolute atomic E-state index is 0.0475. The molecule has 2 fully saturated rings. The minimum Gasteiger partial charge on any atom is -0.481 e. The molecule has 290 valence electrons. The number of ether oxygens (including phenoxy) is 2. The molecule has 0 heterocycles. The van der Waals surface area contributed by atoms with Crippen LogP contribution in [0.4, 0.5) is 0 Å². The quantitative estimate of drug-likeness (QED) is 0.0445. The lowest BCUT2D eigenvalue weighted by Crippen LogP contribution is -2.55. The van der Waals surface area contributed by atoms with Crippen LogP contribution in [0.5, 0.6) is 0 Å². The Balaban J connectivity index is 2.07. The molecule has 0 radical (unpaired) electrons. The molecule has 2 aliphatic carbocycles. The smallest absolute Gasteiger partial charge is 0.309 e. The Kier molecular flexibility index (Phi) is 17.6. The van der Waals surface area contributed by atoms with Crippen molar-refractivity contribution in [3.63, 3.8) is 0 Å². The van der Waals surface area contributed by atoms with Crippen LogP contribution in [0.15, 0.2) is 0 Å². The zero-order chi connectivity index (χ0) is 38.4. The molecule has 17 nitrogen and oxygen atoms in total. The fourth-order valence-corrected chi connectivity index (χ4v) is 8.08. The van der Waals surface area contributed by atoms with Crippen molar-refractivity contribution in [3.05, 3.63) is 0 Å². The summed E-state index contributed by atoms with van der Waals surface area (Å²) in [6.07, 6.45) is 1.97. The Morgan fingerprint density at radius 1 is 0.745 bits per heavy atom. The van der Waals surface area contributed by atoms with Gasteiger partial charge in [-0.3, -0.25) is 34.2 Å². The first-order chi connectivity index (χ1) is 24.1. The Hall–Kier alpha value is -3.99. The molecule has 2 rings (SSSR count). The molecular weight excluding hydrogens is 666 g/mol. The number of hydrogen-bond acceptors (Lipinski definition) is 9. The van der Waals surface area contributed by atoms with E-state index in [9.17, 15) is 39.0 Å². The molecule has 0 aliphatic heterocycles. The van der Waals surface area contributed by atoms with E-state index >= 15 is 0 Å². The molecule has 0 aromatic rings. The van der Waals surface area contributed by atoms with Crippen LogP contribution in [0, 0.1) is 40.9 Å². The van der Waals surface area contributed by atoms with Gasteiger partial charge in [-0.25, -0.2) is 0 Å². The average molecular weight is 726 g/mol. The van der Waals surface area contributed by atoms with E-state index in [1.54, 1.807) is 0 Å². The van der Waals surface area contributed by atoms with Gasteiger partial charge in [-0.1, -0.05) is 53.4 Å². The molecule has 0 spiro atoms. The third kappa shape index (κ3) is 12.3. The lowest BCUT2D eigenvalue weighted by molar-refractivity contribution is -0.150. The number of nitrogens with one attached hydrogen (secondary N) is 6. The van der Waals surface area contributed by atoms with E-state index in [-0.39, 0.29) is 54.7 Å². The van der Waals surface area contributed by atoms with Crippen molar-refractivity contribution in [2.45, 2.75) is 117 Å². The van der Waals surface area contributed by atoms with E-state index in [1.807, 2.05) is 27.7 Å². The number of carbonyl (C=O) groups excluding carboxylic acids is 4. The highest BCUT2D eigenvalue weighted by Crippen LogP contribution is 2.41. The fourth-order valence-electron chi connectivity index (χ4n) is 8.08. The molecule has 4 amide bonds. The van der Waals surface area contributed by atoms with E-state index in [4.69, 9.17) is 20.6 Å². The molecule has 0 saturated heterocycles. The van der Waals surface area contributed by atoms with Gasteiger partial charge < -0.3 is 52.0 Å². The first-order valence-electron chi connectivity index (χ1n) is 18.0. The predicted octanol–water partition coefficient (Wildman–Crippen LogP) is 0.512. The van der Waals surface area contributed by atoms with Gasteiger partial charge in [0.15, 0.2) is 5.96 Å². The largest absolute Gasteiger partial charge is 0.481 e. The van der Waals surface area contributed by atoms with Gasteiger partial charge in [0.2, 0.25) is 23.6 Å². The van der Waals surface area contributed by atoms with E-state index < -0.39 is 79.0 Å². The summed E-state index contributed by atoms with van der Waals surface area (Å²) in [5.41, 5.74) is 5.63. The number of rotatable bonds is 21. The third-order valence-electron chi connectivity index (χ3n) is 10.5. The Bertz CT molecular complexity index is 1230. The van der Waals surface area contributed by atoms with Crippen LogP contribution in [0.2, 0.25) is 0 Å². The maximum Gasteiger partial charge on any atom is 0.309 e. The number of nitrogens with two attached hydrogens (primary N) is 1. The van der Waals surface area contributed by atoms with Crippen molar-refractivity contribution in [3.8, 4) is 0 Å². The average Bonchev–Trinajstić information content (AvgIpc) is 3.63. The van der Waals surface area contributed by atoms with Crippen LogP contribution in [0.3, 0.4) is 0 Å². The highest BCUT2D eigenvalue weighted by molar-refractivity contribution is 5.80. The standard InChI is InChI=1S/C34H59N7O10/c1-7-19(8-2)28(39-17(5)42)21-11-12-22(32(46)47)30(21)50-14-25(44)37-16-38-26(45)15-51-31-23(33(48)49)13-24(41-34(35)36)27(31)29(40-18(6)43)20(9-3)10-4/h19-24,27-31H,7-16H2,1-6H3,(H,37,44)(H,38,45)(H,39,42)(H,40,43)(H,46,47)(H,48,49)(H4,35,36,41)/t21-,22+,23+,24-,27-,28-,29-,30+,31-/m1/s1. The van der Waals surface area contributed by atoms with Crippen molar-refractivity contribution in [2.75, 3.05) is 19.9 Å². The Labute approximate surface area is 299 Å². The van der Waals surface area contributed by atoms with Crippen molar-refractivity contribution >= 4 is 41.5 Å². The van der Waals surface area contributed by atoms with Crippen molar-refractivity contribution < 1.29 is 48.5 Å². The number of aliphatic carboxylic acids is 2. The van der Waals surface area contributed by atoms with Crippen LogP contribution >= 0.6 is 0 Å². The fraction of sp³-hybridized carbons (Fsp3) is 0.794. The van der Waals surface area contributed by atoms with Crippen molar-refractivity contribution in [2.24, 2.45) is 41.2 Å². The number of amides is 4. The number of carboxylic acid groups (broad SMARTS) is 2. The number of carboxylic acids is 2. The summed E-state index contributed by atoms with van der Waals surface area (Å²) in [6, 6.07) is -1.47. The summed E-state index contributed by atoms with van der Waals surface area (Å²) in [6.45, 7) is 9.37. The Morgan fingerprint density at radius 3 is 1.67 bits per heavy atom. The van der Waals surface area contributed by atoms with Gasteiger partial charge in [-0.15, -0.1) is 0 Å². The number of carbonyl (C=O) groups is 6. The molecule has 51 heavy (non-hydrogen) atoms. The summed E-state index contributed by atoms with van der Waals surface area (Å²) in [7, 11) is 0. The minimum atomic E-state index is -1.16.